The van der Waals surface area contributed by atoms with E-state index in [2.05, 4.69) is 4.90 Å². The molecular formula is C10H19N3O4. The van der Waals surface area contributed by atoms with E-state index in [9.17, 15) is 9.59 Å². The maximum Gasteiger partial charge on any atom is 0.317 e. The molecule has 3 N–H and O–H groups in total. The van der Waals surface area contributed by atoms with Crippen LogP contribution in [-0.2, 0) is 14.3 Å². The van der Waals surface area contributed by atoms with Gasteiger partial charge in [-0.25, -0.2) is 0 Å². The standard InChI is InChI=1S/C10H19N3O4/c11-9(14)7-13(8-10(15)16)2-1-12-3-5-17-6-4-12/h1-8H2,(H2,11,14)(H,15,16). The Morgan fingerprint density at radius 2 is 1.94 bits per heavy atom. The zero-order valence-corrected chi connectivity index (χ0v) is 9.80. The van der Waals surface area contributed by atoms with Gasteiger partial charge in [0, 0.05) is 26.2 Å². The fraction of sp³-hybridized carbons (Fsp3) is 0.800. The van der Waals surface area contributed by atoms with Crippen LogP contribution in [0.15, 0.2) is 0 Å². The molecule has 7 nitrogen and oxygen atoms in total. The lowest BCUT2D eigenvalue weighted by Gasteiger charge is -2.29. The maximum absolute atomic E-state index is 10.8. The Morgan fingerprint density at radius 3 is 2.47 bits per heavy atom. The fourth-order valence-electron chi connectivity index (χ4n) is 1.73. The van der Waals surface area contributed by atoms with Crippen LogP contribution in [0.3, 0.4) is 0 Å². The molecule has 0 radical (unpaired) electrons. The Bertz CT molecular complexity index is 250. The highest BCUT2D eigenvalue weighted by Gasteiger charge is 2.15. The molecule has 17 heavy (non-hydrogen) atoms. The van der Waals surface area contributed by atoms with Crippen molar-refractivity contribution in [3.05, 3.63) is 0 Å². The molecule has 1 heterocycles. The number of carboxylic acids is 1. The molecule has 1 saturated heterocycles. The van der Waals surface area contributed by atoms with E-state index >= 15 is 0 Å². The van der Waals surface area contributed by atoms with Crippen molar-refractivity contribution in [1.82, 2.24) is 9.80 Å². The van der Waals surface area contributed by atoms with Gasteiger partial charge in [-0.15, -0.1) is 0 Å². The summed E-state index contributed by atoms with van der Waals surface area (Å²) in [5, 5.41) is 8.71. The molecule has 0 bridgehead atoms. The first kappa shape index (κ1) is 13.9. The summed E-state index contributed by atoms with van der Waals surface area (Å²) in [4.78, 5) is 25.1. The second kappa shape index (κ2) is 7.21. The number of nitrogens with two attached hydrogens (primary N) is 1. The van der Waals surface area contributed by atoms with E-state index in [-0.39, 0.29) is 13.1 Å². The largest absolute Gasteiger partial charge is 0.480 e. The van der Waals surface area contributed by atoms with Crippen molar-refractivity contribution in [3.8, 4) is 0 Å². The average molecular weight is 245 g/mol. The van der Waals surface area contributed by atoms with E-state index in [1.807, 2.05) is 0 Å². The summed E-state index contributed by atoms with van der Waals surface area (Å²) in [6.07, 6.45) is 0. The van der Waals surface area contributed by atoms with Crippen molar-refractivity contribution in [2.75, 3.05) is 52.5 Å². The van der Waals surface area contributed by atoms with Crippen LogP contribution >= 0.6 is 0 Å². The van der Waals surface area contributed by atoms with E-state index in [1.165, 1.54) is 0 Å². The van der Waals surface area contributed by atoms with Crippen LogP contribution < -0.4 is 5.73 Å². The topological polar surface area (TPSA) is 96.1 Å². The lowest BCUT2D eigenvalue weighted by atomic mass is 10.3. The number of primary amides is 1. The molecule has 0 spiro atoms. The summed E-state index contributed by atoms with van der Waals surface area (Å²) >= 11 is 0. The molecule has 1 aliphatic rings. The van der Waals surface area contributed by atoms with Crippen molar-refractivity contribution in [2.24, 2.45) is 5.73 Å². The zero-order valence-electron chi connectivity index (χ0n) is 9.80. The van der Waals surface area contributed by atoms with Crippen LogP contribution in [0.4, 0.5) is 0 Å². The van der Waals surface area contributed by atoms with Crippen LogP contribution in [0, 0.1) is 0 Å². The fourth-order valence-corrected chi connectivity index (χ4v) is 1.73. The number of morpholine rings is 1. The first-order chi connectivity index (χ1) is 8.08. The first-order valence-corrected chi connectivity index (χ1v) is 5.60. The molecule has 1 aliphatic heterocycles. The molecule has 0 atom stereocenters. The smallest absolute Gasteiger partial charge is 0.317 e. The third-order valence-electron chi connectivity index (χ3n) is 2.57. The summed E-state index contributed by atoms with van der Waals surface area (Å²) in [7, 11) is 0. The number of hydrogen-bond acceptors (Lipinski definition) is 5. The molecule has 0 aromatic heterocycles. The molecule has 1 amide bonds. The molecule has 0 saturated carbocycles. The quantitative estimate of drug-likeness (QED) is 0.549. The Morgan fingerprint density at radius 1 is 1.29 bits per heavy atom. The molecule has 0 unspecified atom stereocenters. The minimum atomic E-state index is -0.951. The van der Waals surface area contributed by atoms with Gasteiger partial charge < -0.3 is 15.6 Å². The zero-order chi connectivity index (χ0) is 12.7. The van der Waals surface area contributed by atoms with Gasteiger partial charge in [-0.2, -0.15) is 0 Å². The summed E-state index contributed by atoms with van der Waals surface area (Å²) in [6.45, 7) is 4.17. The van der Waals surface area contributed by atoms with E-state index in [1.54, 1.807) is 4.90 Å². The van der Waals surface area contributed by atoms with Gasteiger partial charge in [0.1, 0.15) is 0 Å². The van der Waals surface area contributed by atoms with E-state index < -0.39 is 11.9 Å². The normalized spacial score (nSPS) is 17.2. The van der Waals surface area contributed by atoms with Gasteiger partial charge >= 0.3 is 5.97 Å². The second-order valence-electron chi connectivity index (χ2n) is 4.02. The third kappa shape index (κ3) is 6.20. The Hall–Kier alpha value is -1.18. The predicted octanol–water partition coefficient (Wildman–Crippen LogP) is -1.81. The molecule has 0 aliphatic carbocycles. The van der Waals surface area contributed by atoms with Crippen LogP contribution in [-0.4, -0.2) is 79.3 Å². The number of aliphatic carboxylic acids is 1. The lowest BCUT2D eigenvalue weighted by Crippen LogP contribution is -2.44. The van der Waals surface area contributed by atoms with Gasteiger partial charge in [0.05, 0.1) is 26.3 Å². The number of nitrogens with zero attached hydrogens (tertiary/aromatic N) is 2. The SMILES string of the molecule is NC(=O)CN(CCN1CCOCC1)CC(=O)O. The summed E-state index contributed by atoms with van der Waals surface area (Å²) < 4.78 is 5.21. The highest BCUT2D eigenvalue weighted by Crippen LogP contribution is 1.97. The summed E-state index contributed by atoms with van der Waals surface area (Å²) in [5.41, 5.74) is 5.07. The molecule has 1 fully saturated rings. The highest BCUT2D eigenvalue weighted by atomic mass is 16.5. The molecule has 1 rings (SSSR count). The van der Waals surface area contributed by atoms with Gasteiger partial charge in [0.25, 0.3) is 0 Å². The van der Waals surface area contributed by atoms with Crippen LogP contribution in [0.25, 0.3) is 0 Å². The first-order valence-electron chi connectivity index (χ1n) is 5.60. The highest BCUT2D eigenvalue weighted by molar-refractivity contribution is 5.77. The molecule has 0 aromatic carbocycles. The minimum Gasteiger partial charge on any atom is -0.480 e. The molecular weight excluding hydrogens is 226 g/mol. The van der Waals surface area contributed by atoms with Crippen molar-refractivity contribution in [3.63, 3.8) is 0 Å². The van der Waals surface area contributed by atoms with Crippen LogP contribution in [0.1, 0.15) is 0 Å². The van der Waals surface area contributed by atoms with Crippen molar-refractivity contribution in [2.45, 2.75) is 0 Å². The average Bonchev–Trinajstić information content (AvgIpc) is 2.26. The van der Waals surface area contributed by atoms with Crippen molar-refractivity contribution >= 4 is 11.9 Å². The number of hydrogen-bond donors (Lipinski definition) is 2. The third-order valence-corrected chi connectivity index (χ3v) is 2.57. The number of ether oxygens (including phenoxy) is 1. The minimum absolute atomic E-state index is 0.0172. The van der Waals surface area contributed by atoms with Crippen LogP contribution in [0.2, 0.25) is 0 Å². The number of carboxylic acid groups (broad SMARTS) is 1. The molecule has 98 valence electrons. The van der Waals surface area contributed by atoms with Gasteiger partial charge in [0.2, 0.25) is 5.91 Å². The molecule has 0 aromatic rings. The number of carbonyl (C=O) groups is 2. The number of rotatable bonds is 7. The van der Waals surface area contributed by atoms with Crippen LogP contribution in [0.5, 0.6) is 0 Å². The van der Waals surface area contributed by atoms with Gasteiger partial charge in [-0.1, -0.05) is 0 Å². The van der Waals surface area contributed by atoms with E-state index in [0.29, 0.717) is 19.8 Å². The van der Waals surface area contributed by atoms with Crippen molar-refractivity contribution < 1.29 is 19.4 Å². The van der Waals surface area contributed by atoms with E-state index in [4.69, 9.17) is 15.6 Å². The Balaban J connectivity index is 2.31. The van der Waals surface area contributed by atoms with Gasteiger partial charge in [-0.05, 0) is 0 Å². The lowest BCUT2D eigenvalue weighted by molar-refractivity contribution is -0.138. The summed E-state index contributed by atoms with van der Waals surface area (Å²) in [5.74, 6) is -1.46. The van der Waals surface area contributed by atoms with Gasteiger partial charge in [-0.3, -0.25) is 19.4 Å². The Kier molecular flexibility index (Phi) is 5.88. The molecule has 7 heteroatoms. The number of carbonyl (C=O) groups excluding carboxylic acids is 1. The monoisotopic (exact) mass is 245 g/mol. The van der Waals surface area contributed by atoms with Crippen molar-refractivity contribution in [1.29, 1.82) is 0 Å². The summed E-state index contributed by atoms with van der Waals surface area (Å²) in [6, 6.07) is 0. The van der Waals surface area contributed by atoms with Gasteiger partial charge in [0.15, 0.2) is 0 Å². The number of amides is 1. The Labute approximate surface area is 100 Å². The maximum atomic E-state index is 10.8. The van der Waals surface area contributed by atoms with E-state index in [0.717, 1.165) is 19.6 Å². The predicted molar refractivity (Wildman–Crippen MR) is 60.5 cm³/mol. The second-order valence-corrected chi connectivity index (χ2v) is 4.02.